The third-order valence-electron chi connectivity index (χ3n) is 4.52. The van der Waals surface area contributed by atoms with Gasteiger partial charge in [-0.3, -0.25) is 14.2 Å². The monoisotopic (exact) mass is 413 g/mol. The fourth-order valence-corrected chi connectivity index (χ4v) is 3.78. The van der Waals surface area contributed by atoms with Crippen molar-refractivity contribution in [1.29, 1.82) is 0 Å². The van der Waals surface area contributed by atoms with Gasteiger partial charge in [-0.1, -0.05) is 55.8 Å². The largest absolute Gasteiger partial charge is 0.355 e. The molecular formula is C22H24FN3O2S. The Kier molecular flexibility index (Phi) is 7.41. The van der Waals surface area contributed by atoms with Crippen molar-refractivity contribution in [3.63, 3.8) is 0 Å². The first-order chi connectivity index (χ1) is 14.1. The van der Waals surface area contributed by atoms with Gasteiger partial charge in [0.15, 0.2) is 5.16 Å². The molecule has 1 aromatic heterocycles. The zero-order valence-corrected chi connectivity index (χ0v) is 17.2. The Morgan fingerprint density at radius 1 is 1.14 bits per heavy atom. The highest BCUT2D eigenvalue weighted by Gasteiger charge is 2.13. The molecule has 1 amide bonds. The zero-order chi connectivity index (χ0) is 20.6. The molecule has 7 heteroatoms. The normalized spacial score (nSPS) is 11.0. The van der Waals surface area contributed by atoms with Crippen molar-refractivity contribution >= 4 is 28.6 Å². The van der Waals surface area contributed by atoms with Gasteiger partial charge in [-0.25, -0.2) is 9.37 Å². The van der Waals surface area contributed by atoms with Crippen molar-refractivity contribution in [1.82, 2.24) is 14.9 Å². The lowest BCUT2D eigenvalue weighted by atomic mass is 10.2. The Labute approximate surface area is 173 Å². The molecular weight excluding hydrogens is 389 g/mol. The quantitative estimate of drug-likeness (QED) is 0.327. The van der Waals surface area contributed by atoms with Gasteiger partial charge >= 0.3 is 0 Å². The van der Waals surface area contributed by atoms with Crippen molar-refractivity contribution < 1.29 is 9.18 Å². The van der Waals surface area contributed by atoms with Crippen molar-refractivity contribution in [2.45, 2.75) is 37.9 Å². The van der Waals surface area contributed by atoms with Crippen LogP contribution >= 0.6 is 11.8 Å². The van der Waals surface area contributed by atoms with E-state index in [0.29, 0.717) is 22.6 Å². The lowest BCUT2D eigenvalue weighted by Gasteiger charge is -2.13. The Morgan fingerprint density at radius 2 is 1.90 bits per heavy atom. The predicted molar refractivity (Wildman–Crippen MR) is 115 cm³/mol. The van der Waals surface area contributed by atoms with Crippen LogP contribution in [0.3, 0.4) is 0 Å². The van der Waals surface area contributed by atoms with Crippen LogP contribution in [0.4, 0.5) is 4.39 Å². The molecule has 1 N–H and O–H groups in total. The summed E-state index contributed by atoms with van der Waals surface area (Å²) < 4.78 is 14.8. The second-order valence-corrected chi connectivity index (χ2v) is 7.72. The molecule has 2 aromatic carbocycles. The molecule has 1 heterocycles. The van der Waals surface area contributed by atoms with E-state index in [-0.39, 0.29) is 29.6 Å². The van der Waals surface area contributed by atoms with Crippen LogP contribution < -0.4 is 10.9 Å². The number of rotatable bonds is 9. The van der Waals surface area contributed by atoms with Crippen LogP contribution in [-0.4, -0.2) is 27.8 Å². The van der Waals surface area contributed by atoms with E-state index in [1.165, 1.54) is 23.9 Å². The smallest absolute Gasteiger partial charge is 0.262 e. The number of thioether (sulfide) groups is 1. The lowest BCUT2D eigenvalue weighted by molar-refractivity contribution is -0.118. The van der Waals surface area contributed by atoms with E-state index < -0.39 is 0 Å². The number of amides is 1. The lowest BCUT2D eigenvalue weighted by Crippen LogP contribution is -2.28. The molecule has 0 fully saturated rings. The highest BCUT2D eigenvalue weighted by atomic mass is 32.2. The molecule has 29 heavy (non-hydrogen) atoms. The molecule has 0 radical (unpaired) electrons. The Morgan fingerprint density at radius 3 is 2.66 bits per heavy atom. The molecule has 0 atom stereocenters. The molecule has 0 aliphatic carbocycles. The minimum Gasteiger partial charge on any atom is -0.355 e. The van der Waals surface area contributed by atoms with Crippen LogP contribution in [0.15, 0.2) is 58.5 Å². The van der Waals surface area contributed by atoms with Crippen LogP contribution in [0.5, 0.6) is 0 Å². The number of nitrogens with zero attached hydrogens (tertiary/aromatic N) is 2. The molecule has 0 aliphatic rings. The first-order valence-corrected chi connectivity index (χ1v) is 10.7. The number of fused-ring (bicyclic) bond motifs is 1. The number of halogens is 1. The maximum Gasteiger partial charge on any atom is 0.262 e. The van der Waals surface area contributed by atoms with Gasteiger partial charge in [0, 0.05) is 6.54 Å². The molecule has 0 bridgehead atoms. The average Bonchev–Trinajstić information content (AvgIpc) is 2.73. The predicted octanol–water partition coefficient (Wildman–Crippen LogP) is 3.98. The molecule has 0 unspecified atom stereocenters. The zero-order valence-electron chi connectivity index (χ0n) is 16.4. The van der Waals surface area contributed by atoms with Gasteiger partial charge in [-0.05, 0) is 36.2 Å². The van der Waals surface area contributed by atoms with E-state index in [1.807, 2.05) is 6.07 Å². The number of carbonyl (C=O) groups is 1. The highest BCUT2D eigenvalue weighted by molar-refractivity contribution is 7.99. The van der Waals surface area contributed by atoms with Gasteiger partial charge in [0.25, 0.3) is 5.56 Å². The first-order valence-electron chi connectivity index (χ1n) is 9.72. The van der Waals surface area contributed by atoms with E-state index in [4.69, 9.17) is 0 Å². The molecule has 0 saturated heterocycles. The maximum atomic E-state index is 13.2. The van der Waals surface area contributed by atoms with Gasteiger partial charge in [0.2, 0.25) is 5.91 Å². The van der Waals surface area contributed by atoms with E-state index in [1.54, 1.807) is 34.9 Å². The summed E-state index contributed by atoms with van der Waals surface area (Å²) in [5, 5.41) is 3.89. The number of unbranched alkanes of at least 4 members (excludes halogenated alkanes) is 2. The van der Waals surface area contributed by atoms with E-state index >= 15 is 0 Å². The Balaban J connectivity index is 1.83. The van der Waals surface area contributed by atoms with E-state index in [0.717, 1.165) is 24.8 Å². The third-order valence-corrected chi connectivity index (χ3v) is 5.49. The van der Waals surface area contributed by atoms with Gasteiger partial charge in [0.1, 0.15) is 5.82 Å². The molecule has 5 nitrogen and oxygen atoms in total. The highest BCUT2D eigenvalue weighted by Crippen LogP contribution is 2.19. The molecule has 3 aromatic rings. The number of para-hydroxylation sites is 1. The second kappa shape index (κ2) is 10.2. The van der Waals surface area contributed by atoms with E-state index in [9.17, 15) is 14.0 Å². The third kappa shape index (κ3) is 5.67. The summed E-state index contributed by atoms with van der Waals surface area (Å²) in [5.74, 6) is -0.228. The molecule has 3 rings (SSSR count). The number of hydrogen-bond donors (Lipinski definition) is 1. The van der Waals surface area contributed by atoms with Crippen molar-refractivity contribution in [3.05, 3.63) is 70.3 Å². The SMILES string of the molecule is CCCCCNC(=O)CSc1nc2ccccc2c(=O)n1Cc1ccc(F)cc1. The van der Waals surface area contributed by atoms with Crippen LogP contribution in [0.25, 0.3) is 10.9 Å². The fraction of sp³-hybridized carbons (Fsp3) is 0.318. The van der Waals surface area contributed by atoms with Crippen LogP contribution in [0.1, 0.15) is 31.7 Å². The van der Waals surface area contributed by atoms with Gasteiger partial charge in [0.05, 0.1) is 23.2 Å². The van der Waals surface area contributed by atoms with Crippen molar-refractivity contribution in [3.8, 4) is 0 Å². The molecule has 0 saturated carbocycles. The number of hydrogen-bond acceptors (Lipinski definition) is 4. The molecule has 152 valence electrons. The molecule has 0 spiro atoms. The summed E-state index contributed by atoms with van der Waals surface area (Å²) in [6.45, 7) is 3.03. The number of benzene rings is 2. The topological polar surface area (TPSA) is 64.0 Å². The standard InChI is InChI=1S/C22H24FN3O2S/c1-2-3-6-13-24-20(27)15-29-22-25-19-8-5-4-7-18(19)21(28)26(22)14-16-9-11-17(23)12-10-16/h4-5,7-12H,2-3,6,13-15H2,1H3,(H,24,27). The summed E-state index contributed by atoms with van der Waals surface area (Å²) in [6.07, 6.45) is 3.13. The van der Waals surface area contributed by atoms with Gasteiger partial charge in [-0.2, -0.15) is 0 Å². The summed E-state index contributed by atoms with van der Waals surface area (Å²) in [6, 6.07) is 13.2. The second-order valence-electron chi connectivity index (χ2n) is 6.78. The van der Waals surface area contributed by atoms with Crippen molar-refractivity contribution in [2.75, 3.05) is 12.3 Å². The summed E-state index contributed by atoms with van der Waals surface area (Å²) in [5.41, 5.74) is 1.21. The van der Waals surface area contributed by atoms with Crippen LogP contribution in [0, 0.1) is 5.82 Å². The minimum atomic E-state index is -0.327. The minimum absolute atomic E-state index is 0.0816. The van der Waals surface area contributed by atoms with Gasteiger partial charge < -0.3 is 5.32 Å². The maximum absolute atomic E-state index is 13.2. The van der Waals surface area contributed by atoms with Crippen LogP contribution in [0.2, 0.25) is 0 Å². The summed E-state index contributed by atoms with van der Waals surface area (Å²) >= 11 is 1.24. The molecule has 0 aliphatic heterocycles. The fourth-order valence-electron chi connectivity index (χ4n) is 2.95. The van der Waals surface area contributed by atoms with E-state index in [2.05, 4.69) is 17.2 Å². The Hall–Kier alpha value is -2.67. The summed E-state index contributed by atoms with van der Waals surface area (Å²) in [4.78, 5) is 29.8. The van der Waals surface area contributed by atoms with Gasteiger partial charge in [-0.15, -0.1) is 0 Å². The number of aromatic nitrogens is 2. The summed E-state index contributed by atoms with van der Waals surface area (Å²) in [7, 11) is 0. The Bertz CT molecular complexity index is 1030. The first kappa shape index (κ1) is 21.0. The average molecular weight is 414 g/mol. The van der Waals surface area contributed by atoms with Crippen LogP contribution in [-0.2, 0) is 11.3 Å². The van der Waals surface area contributed by atoms with Crippen molar-refractivity contribution in [2.24, 2.45) is 0 Å². The number of carbonyl (C=O) groups excluding carboxylic acids is 1. The number of nitrogens with one attached hydrogen (secondary N) is 1.